The van der Waals surface area contributed by atoms with Crippen molar-refractivity contribution in [3.63, 3.8) is 0 Å². The average molecular weight is 342 g/mol. The van der Waals surface area contributed by atoms with Gasteiger partial charge in [-0.3, -0.25) is 0 Å². The number of hydrogen-bond donors (Lipinski definition) is 1. The Kier molecular flexibility index (Phi) is 4.60. The Morgan fingerprint density at radius 1 is 1.00 bits per heavy atom. The lowest BCUT2D eigenvalue weighted by Gasteiger charge is -2.36. The van der Waals surface area contributed by atoms with Gasteiger partial charge < -0.3 is 10.1 Å². The molecule has 0 aromatic heterocycles. The van der Waals surface area contributed by atoms with Crippen molar-refractivity contribution in [3.8, 4) is 11.8 Å². The van der Waals surface area contributed by atoms with Crippen molar-refractivity contribution >= 4 is 10.8 Å². The van der Waals surface area contributed by atoms with E-state index < -0.39 is 0 Å². The molecule has 1 N–H and O–H groups in total. The van der Waals surface area contributed by atoms with E-state index in [0.29, 0.717) is 12.0 Å². The Hall–Kier alpha value is -2.83. The van der Waals surface area contributed by atoms with E-state index in [1.54, 1.807) is 7.11 Å². The molecule has 0 bridgehead atoms. The summed E-state index contributed by atoms with van der Waals surface area (Å²) in [7, 11) is 1.70. The lowest BCUT2D eigenvalue weighted by atomic mass is 9.75. The molecule has 26 heavy (non-hydrogen) atoms. The molecule has 3 aromatic rings. The maximum atomic E-state index is 8.88. The molecular weight excluding hydrogens is 320 g/mol. The summed E-state index contributed by atoms with van der Waals surface area (Å²) in [4.78, 5) is 0. The van der Waals surface area contributed by atoms with E-state index in [-0.39, 0.29) is 0 Å². The van der Waals surface area contributed by atoms with Gasteiger partial charge in [-0.1, -0.05) is 30.3 Å². The molecule has 0 radical (unpaired) electrons. The Balaban J connectivity index is 1.32. The van der Waals surface area contributed by atoms with Gasteiger partial charge in [-0.15, -0.1) is 0 Å². The van der Waals surface area contributed by atoms with Crippen molar-refractivity contribution in [2.45, 2.75) is 31.3 Å². The number of nitrogens with one attached hydrogen (secondary N) is 1. The Bertz CT molecular complexity index is 950. The van der Waals surface area contributed by atoms with Crippen LogP contribution in [0.1, 0.15) is 35.4 Å². The lowest BCUT2D eigenvalue weighted by Crippen LogP contribution is -2.39. The van der Waals surface area contributed by atoms with Crippen LogP contribution in [0.4, 0.5) is 0 Å². The third-order valence-corrected chi connectivity index (χ3v) is 5.36. The molecule has 0 saturated heterocycles. The summed E-state index contributed by atoms with van der Waals surface area (Å²) >= 11 is 0. The predicted molar refractivity (Wildman–Crippen MR) is 104 cm³/mol. The number of fused-ring (bicyclic) bond motifs is 1. The van der Waals surface area contributed by atoms with E-state index >= 15 is 0 Å². The van der Waals surface area contributed by atoms with Gasteiger partial charge in [-0.05, 0) is 71.0 Å². The number of ether oxygens (including phenoxy) is 1. The SMILES string of the molecule is COc1ccc2cc(CNC3CC(c4ccc(C#N)cc4)C3)ccc2c1. The van der Waals surface area contributed by atoms with Gasteiger partial charge in [-0.2, -0.15) is 5.26 Å². The molecule has 1 aliphatic carbocycles. The van der Waals surface area contributed by atoms with Crippen LogP contribution in [0.15, 0.2) is 60.7 Å². The molecular formula is C23H22N2O. The molecule has 0 heterocycles. The van der Waals surface area contributed by atoms with Crippen LogP contribution in [0, 0.1) is 11.3 Å². The normalized spacial score (nSPS) is 18.9. The maximum Gasteiger partial charge on any atom is 0.119 e. The minimum atomic E-state index is 0.571. The fourth-order valence-electron chi connectivity index (χ4n) is 3.66. The minimum Gasteiger partial charge on any atom is -0.497 e. The number of methoxy groups -OCH3 is 1. The number of nitriles is 1. The molecule has 130 valence electrons. The van der Waals surface area contributed by atoms with Crippen molar-refractivity contribution in [1.82, 2.24) is 5.32 Å². The molecule has 3 heteroatoms. The van der Waals surface area contributed by atoms with Crippen molar-refractivity contribution in [2.24, 2.45) is 0 Å². The molecule has 0 amide bonds. The van der Waals surface area contributed by atoms with E-state index in [0.717, 1.165) is 30.7 Å². The molecule has 0 atom stereocenters. The molecule has 3 nitrogen and oxygen atoms in total. The fourth-order valence-corrected chi connectivity index (χ4v) is 3.66. The van der Waals surface area contributed by atoms with Gasteiger partial charge in [0.05, 0.1) is 18.7 Å². The first-order chi connectivity index (χ1) is 12.7. The quantitative estimate of drug-likeness (QED) is 0.727. The summed E-state index contributed by atoms with van der Waals surface area (Å²) in [6.07, 6.45) is 2.33. The topological polar surface area (TPSA) is 45.0 Å². The third kappa shape index (κ3) is 3.42. The van der Waals surface area contributed by atoms with Gasteiger partial charge in [0.15, 0.2) is 0 Å². The van der Waals surface area contributed by atoms with Crippen LogP contribution in [0.3, 0.4) is 0 Å². The highest BCUT2D eigenvalue weighted by Crippen LogP contribution is 2.37. The van der Waals surface area contributed by atoms with Crippen LogP contribution in [-0.4, -0.2) is 13.2 Å². The minimum absolute atomic E-state index is 0.571. The number of benzene rings is 3. The van der Waals surface area contributed by atoms with Crippen molar-refractivity contribution in [1.29, 1.82) is 5.26 Å². The van der Waals surface area contributed by atoms with Crippen molar-refractivity contribution < 1.29 is 4.74 Å². The van der Waals surface area contributed by atoms with Crippen LogP contribution in [0.5, 0.6) is 5.75 Å². The second-order valence-corrected chi connectivity index (χ2v) is 7.03. The Labute approximate surface area is 154 Å². The Morgan fingerprint density at radius 3 is 2.46 bits per heavy atom. The fraction of sp³-hybridized carbons (Fsp3) is 0.261. The van der Waals surface area contributed by atoms with Gasteiger partial charge in [-0.25, -0.2) is 0 Å². The highest BCUT2D eigenvalue weighted by molar-refractivity contribution is 5.84. The van der Waals surface area contributed by atoms with Gasteiger partial charge in [0.1, 0.15) is 5.75 Å². The van der Waals surface area contributed by atoms with E-state index in [9.17, 15) is 0 Å². The van der Waals surface area contributed by atoms with Crippen LogP contribution in [0.2, 0.25) is 0 Å². The molecule has 3 aromatic carbocycles. The van der Waals surface area contributed by atoms with Crippen LogP contribution >= 0.6 is 0 Å². The number of nitrogens with zero attached hydrogens (tertiary/aromatic N) is 1. The van der Waals surface area contributed by atoms with Crippen LogP contribution in [0.25, 0.3) is 10.8 Å². The second kappa shape index (κ2) is 7.19. The van der Waals surface area contributed by atoms with E-state index in [1.807, 2.05) is 18.2 Å². The summed E-state index contributed by atoms with van der Waals surface area (Å²) in [5, 5.41) is 15.0. The van der Waals surface area contributed by atoms with Crippen molar-refractivity contribution in [2.75, 3.05) is 7.11 Å². The molecule has 4 rings (SSSR count). The zero-order chi connectivity index (χ0) is 17.9. The molecule has 1 saturated carbocycles. The monoisotopic (exact) mass is 342 g/mol. The van der Waals surface area contributed by atoms with Crippen LogP contribution < -0.4 is 10.1 Å². The van der Waals surface area contributed by atoms with Gasteiger partial charge in [0.2, 0.25) is 0 Å². The van der Waals surface area contributed by atoms with Crippen LogP contribution in [-0.2, 0) is 6.54 Å². The standard InChI is InChI=1S/C23H22N2O/c1-26-23-9-8-19-10-17(4-7-20(19)13-23)15-25-22-11-21(12-22)18-5-2-16(14-24)3-6-18/h2-10,13,21-22,25H,11-12,15H2,1H3. The zero-order valence-electron chi connectivity index (χ0n) is 14.9. The van der Waals surface area contributed by atoms with E-state index in [1.165, 1.54) is 21.9 Å². The predicted octanol–water partition coefficient (Wildman–Crippen LogP) is 4.76. The maximum absolute atomic E-state index is 8.88. The Morgan fingerprint density at radius 2 is 1.73 bits per heavy atom. The first-order valence-corrected chi connectivity index (χ1v) is 9.05. The molecule has 0 unspecified atom stereocenters. The molecule has 1 fully saturated rings. The lowest BCUT2D eigenvalue weighted by molar-refractivity contribution is 0.289. The summed E-state index contributed by atoms with van der Waals surface area (Å²) in [5.74, 6) is 1.51. The highest BCUT2D eigenvalue weighted by atomic mass is 16.5. The van der Waals surface area contributed by atoms with E-state index in [4.69, 9.17) is 10.00 Å². The number of hydrogen-bond acceptors (Lipinski definition) is 3. The zero-order valence-corrected chi connectivity index (χ0v) is 14.9. The van der Waals surface area contributed by atoms with Gasteiger partial charge in [0, 0.05) is 12.6 Å². The first-order valence-electron chi connectivity index (χ1n) is 9.05. The largest absolute Gasteiger partial charge is 0.497 e. The average Bonchev–Trinajstić information content (AvgIpc) is 2.66. The summed E-state index contributed by atoms with van der Waals surface area (Å²) in [6.45, 7) is 0.896. The first kappa shape index (κ1) is 16.6. The highest BCUT2D eigenvalue weighted by Gasteiger charge is 2.29. The van der Waals surface area contributed by atoms with Gasteiger partial charge in [0.25, 0.3) is 0 Å². The van der Waals surface area contributed by atoms with Crippen molar-refractivity contribution in [3.05, 3.63) is 77.4 Å². The molecule has 1 aliphatic rings. The number of rotatable bonds is 5. The summed E-state index contributed by atoms with van der Waals surface area (Å²) in [6, 6.07) is 23.6. The second-order valence-electron chi connectivity index (χ2n) is 7.03. The van der Waals surface area contributed by atoms with Gasteiger partial charge >= 0.3 is 0 Å². The molecule has 0 aliphatic heterocycles. The van der Waals surface area contributed by atoms with E-state index in [2.05, 4.69) is 53.9 Å². The summed E-state index contributed by atoms with van der Waals surface area (Å²) in [5.41, 5.74) is 3.39. The smallest absolute Gasteiger partial charge is 0.119 e. The molecule has 0 spiro atoms. The summed E-state index contributed by atoms with van der Waals surface area (Å²) < 4.78 is 5.28. The third-order valence-electron chi connectivity index (χ3n) is 5.36.